The number of carbonyl (C=O) groups is 2. The van der Waals surface area contributed by atoms with E-state index in [1.807, 2.05) is 30.9 Å². The highest BCUT2D eigenvalue weighted by Gasteiger charge is 2.31. The van der Waals surface area contributed by atoms with Gasteiger partial charge in [0.2, 0.25) is 15.9 Å². The molecule has 2 atom stereocenters. The Morgan fingerprint density at radius 3 is 2.36 bits per heavy atom. The first kappa shape index (κ1) is 33.7. The van der Waals surface area contributed by atoms with Gasteiger partial charge < -0.3 is 25.0 Å². The van der Waals surface area contributed by atoms with E-state index in [4.69, 9.17) is 4.74 Å². The molecule has 0 bridgehead atoms. The molecule has 1 aromatic carbocycles. The number of ketones is 1. The lowest BCUT2D eigenvalue weighted by Gasteiger charge is -2.27. The predicted molar refractivity (Wildman–Crippen MR) is 162 cm³/mol. The van der Waals surface area contributed by atoms with Gasteiger partial charge in [0.25, 0.3) is 0 Å². The van der Waals surface area contributed by atoms with E-state index in [9.17, 15) is 28.1 Å². The summed E-state index contributed by atoms with van der Waals surface area (Å²) < 4.78 is 34.0. The number of benzene rings is 1. The largest absolute Gasteiger partial charge is 0.475 e. The fraction of sp³-hybridized carbons (Fsp3) is 0.552. The third-order valence-electron chi connectivity index (χ3n) is 7.20. The molecule has 230 valence electrons. The van der Waals surface area contributed by atoms with Crippen LogP contribution in [0.4, 0.5) is 5.82 Å². The van der Waals surface area contributed by atoms with Crippen LogP contribution in [0.1, 0.15) is 62.4 Å². The van der Waals surface area contributed by atoms with Crippen molar-refractivity contribution in [2.45, 2.75) is 63.7 Å². The summed E-state index contributed by atoms with van der Waals surface area (Å²) in [6.07, 6.45) is 4.27. The number of rotatable bonds is 16. The van der Waals surface area contributed by atoms with Gasteiger partial charge in [-0.25, -0.2) is 18.1 Å². The summed E-state index contributed by atoms with van der Waals surface area (Å²) in [5.41, 5.74) is 1.52. The number of amides is 1. The summed E-state index contributed by atoms with van der Waals surface area (Å²) in [6, 6.07) is 10.3. The molecule has 11 nitrogen and oxygen atoms in total. The van der Waals surface area contributed by atoms with Crippen LogP contribution in [0.15, 0.2) is 47.5 Å². The summed E-state index contributed by atoms with van der Waals surface area (Å²) in [6.45, 7) is 7.94. The molecule has 0 saturated carbocycles. The van der Waals surface area contributed by atoms with Crippen molar-refractivity contribution in [3.05, 3.63) is 53.7 Å². The molecule has 42 heavy (non-hydrogen) atoms. The van der Waals surface area contributed by atoms with Gasteiger partial charge in [0.15, 0.2) is 5.78 Å². The first-order valence-electron chi connectivity index (χ1n) is 14.6. The van der Waals surface area contributed by atoms with Crippen molar-refractivity contribution in [3.63, 3.8) is 0 Å². The molecule has 1 aliphatic rings. The number of anilines is 1. The maximum Gasteiger partial charge on any atom is 0.475 e. The number of aryl methyl sites for hydroxylation is 1. The second kappa shape index (κ2) is 16.1. The fourth-order valence-electron chi connectivity index (χ4n) is 4.71. The minimum Gasteiger partial charge on any atom is -0.426 e. The Bertz CT molecular complexity index is 1250. The van der Waals surface area contributed by atoms with E-state index in [1.54, 1.807) is 18.2 Å². The average molecular weight is 603 g/mol. The zero-order valence-electron chi connectivity index (χ0n) is 24.7. The molecule has 0 radical (unpaired) electrons. The van der Waals surface area contributed by atoms with Gasteiger partial charge in [-0.05, 0) is 42.9 Å². The topological polar surface area (TPSA) is 158 Å². The van der Waals surface area contributed by atoms with Gasteiger partial charge in [0, 0.05) is 37.8 Å². The quantitative estimate of drug-likeness (QED) is 0.167. The number of hydrogen-bond donors (Lipinski definition) is 4. The number of morpholine rings is 1. The zero-order chi connectivity index (χ0) is 30.7. The van der Waals surface area contributed by atoms with Gasteiger partial charge in [0.05, 0.1) is 25.1 Å². The van der Waals surface area contributed by atoms with Gasteiger partial charge in [-0.1, -0.05) is 51.5 Å². The molecule has 0 aliphatic carbocycles. The number of sulfonamides is 1. The summed E-state index contributed by atoms with van der Waals surface area (Å²) in [4.78, 5) is 32.7. The van der Waals surface area contributed by atoms with E-state index in [0.717, 1.165) is 24.8 Å². The SMILES string of the molecule is CCCCc1ccc(C(=O)C[C@@H](CNS(=O)(=O)c2ccc(N3CCOCC3)nc2)C(=O)N[C@@H](CC(C)C)B(O)O)cc1. The number of unbranched alkanes of at least 4 members (excludes halogenated alkanes) is 1. The van der Waals surface area contributed by atoms with Crippen LogP contribution in [-0.2, 0) is 26.0 Å². The van der Waals surface area contributed by atoms with Crippen LogP contribution in [-0.4, -0.2) is 81.0 Å². The van der Waals surface area contributed by atoms with Crippen LogP contribution >= 0.6 is 0 Å². The maximum atomic E-state index is 13.3. The molecule has 2 heterocycles. The number of nitrogens with one attached hydrogen (secondary N) is 2. The van der Waals surface area contributed by atoms with E-state index in [0.29, 0.717) is 37.7 Å². The van der Waals surface area contributed by atoms with E-state index in [2.05, 4.69) is 21.9 Å². The smallest absolute Gasteiger partial charge is 0.426 e. The molecule has 4 N–H and O–H groups in total. The summed E-state index contributed by atoms with van der Waals surface area (Å²) >= 11 is 0. The number of nitrogens with zero attached hydrogens (tertiary/aromatic N) is 2. The Labute approximate surface area is 249 Å². The van der Waals surface area contributed by atoms with Gasteiger partial charge in [-0.15, -0.1) is 0 Å². The molecule has 1 saturated heterocycles. The first-order valence-corrected chi connectivity index (χ1v) is 16.1. The monoisotopic (exact) mass is 602 g/mol. The van der Waals surface area contributed by atoms with E-state index in [-0.39, 0.29) is 36.0 Å². The van der Waals surface area contributed by atoms with Crippen LogP contribution in [0.25, 0.3) is 0 Å². The number of aromatic nitrogens is 1. The number of ether oxygens (including phenoxy) is 1. The Morgan fingerprint density at radius 2 is 1.79 bits per heavy atom. The highest BCUT2D eigenvalue weighted by Crippen LogP contribution is 2.18. The summed E-state index contributed by atoms with van der Waals surface area (Å²) in [5.74, 6) is -2.35. The van der Waals surface area contributed by atoms with Crippen molar-refractivity contribution in [1.29, 1.82) is 0 Å². The number of pyridine rings is 1. The average Bonchev–Trinajstić information content (AvgIpc) is 2.98. The van der Waals surface area contributed by atoms with E-state index in [1.165, 1.54) is 12.3 Å². The molecule has 2 aromatic rings. The van der Waals surface area contributed by atoms with Crippen LogP contribution in [0.2, 0.25) is 0 Å². The second-order valence-corrected chi connectivity index (χ2v) is 12.9. The second-order valence-electron chi connectivity index (χ2n) is 11.1. The molecule has 0 unspecified atom stereocenters. The zero-order valence-corrected chi connectivity index (χ0v) is 25.5. The van der Waals surface area contributed by atoms with Crippen LogP contribution in [0.3, 0.4) is 0 Å². The Kier molecular flexibility index (Phi) is 12.9. The highest BCUT2D eigenvalue weighted by molar-refractivity contribution is 7.89. The van der Waals surface area contributed by atoms with Crippen molar-refractivity contribution in [2.75, 3.05) is 37.7 Å². The van der Waals surface area contributed by atoms with Crippen LogP contribution < -0.4 is 14.9 Å². The Hall–Kier alpha value is -2.84. The first-order chi connectivity index (χ1) is 20.0. The molecular weight excluding hydrogens is 559 g/mol. The van der Waals surface area contributed by atoms with Crippen molar-refractivity contribution in [1.82, 2.24) is 15.0 Å². The molecule has 0 spiro atoms. The number of carbonyl (C=O) groups excluding carboxylic acids is 2. The summed E-state index contributed by atoms with van der Waals surface area (Å²) in [7, 11) is -5.87. The van der Waals surface area contributed by atoms with E-state index < -0.39 is 34.9 Å². The lowest BCUT2D eigenvalue weighted by Crippen LogP contribution is -2.50. The van der Waals surface area contributed by atoms with Crippen molar-refractivity contribution >= 4 is 34.6 Å². The summed E-state index contributed by atoms with van der Waals surface area (Å²) in [5, 5.41) is 22.2. The number of Topliss-reactive ketones (excluding diaryl/α,β-unsaturated/α-hetero) is 1. The normalized spacial score (nSPS) is 15.3. The molecule has 1 aromatic heterocycles. The van der Waals surface area contributed by atoms with Gasteiger partial charge in [0.1, 0.15) is 10.7 Å². The molecule has 13 heteroatoms. The molecule has 1 amide bonds. The maximum absolute atomic E-state index is 13.3. The van der Waals surface area contributed by atoms with Crippen molar-refractivity contribution in [2.24, 2.45) is 11.8 Å². The minimum atomic E-state index is -4.06. The molecule has 1 aliphatic heterocycles. The Balaban J connectivity index is 1.74. The molecular formula is C29H43BN4O7S. The fourth-order valence-corrected chi connectivity index (χ4v) is 5.73. The Morgan fingerprint density at radius 1 is 1.10 bits per heavy atom. The third kappa shape index (κ3) is 10.2. The van der Waals surface area contributed by atoms with E-state index >= 15 is 0 Å². The van der Waals surface area contributed by atoms with Crippen LogP contribution in [0.5, 0.6) is 0 Å². The minimum absolute atomic E-state index is 0.0508. The van der Waals surface area contributed by atoms with Gasteiger partial charge in [-0.3, -0.25) is 9.59 Å². The van der Waals surface area contributed by atoms with Gasteiger partial charge in [-0.2, -0.15) is 0 Å². The van der Waals surface area contributed by atoms with Crippen molar-refractivity contribution < 1.29 is 32.8 Å². The highest BCUT2D eigenvalue weighted by atomic mass is 32.2. The standard InChI is InChI=1S/C29H43BN4O7S/c1-4-5-6-22-7-9-23(10-8-22)26(35)18-24(29(36)33-27(30(37)38)17-21(2)3)19-32-42(39,40)25-11-12-28(31-20-25)34-13-15-41-16-14-34/h7-12,20-21,24,27,32,37-38H,4-6,13-19H2,1-3H3,(H,33,36)/t24-,27-/m0/s1. The lowest BCUT2D eigenvalue weighted by atomic mass is 9.74. The molecule has 3 rings (SSSR count). The number of hydrogen-bond acceptors (Lipinski definition) is 9. The van der Waals surface area contributed by atoms with Crippen molar-refractivity contribution in [3.8, 4) is 0 Å². The van der Waals surface area contributed by atoms with Crippen LogP contribution in [0, 0.1) is 11.8 Å². The predicted octanol–water partition coefficient (Wildman–Crippen LogP) is 1.97. The molecule has 1 fully saturated rings. The lowest BCUT2D eigenvalue weighted by molar-refractivity contribution is -0.125. The third-order valence-corrected chi connectivity index (χ3v) is 8.61. The van der Waals surface area contributed by atoms with Gasteiger partial charge >= 0.3 is 7.12 Å².